The third kappa shape index (κ3) is 5.13. The zero-order chi connectivity index (χ0) is 15.8. The number of amides is 2. The Kier molecular flexibility index (Phi) is 6.37. The van der Waals surface area contributed by atoms with Crippen molar-refractivity contribution in [3.8, 4) is 0 Å². The van der Waals surface area contributed by atoms with Crippen molar-refractivity contribution < 1.29 is 9.59 Å². The molecule has 0 spiro atoms. The van der Waals surface area contributed by atoms with Crippen LogP contribution in [0.4, 0.5) is 0 Å². The van der Waals surface area contributed by atoms with Crippen molar-refractivity contribution in [2.45, 2.75) is 58.0 Å². The summed E-state index contributed by atoms with van der Waals surface area (Å²) in [5, 5.41) is 2.86. The van der Waals surface area contributed by atoms with Gasteiger partial charge in [0.2, 0.25) is 11.8 Å². The molecule has 1 saturated carbocycles. The summed E-state index contributed by atoms with van der Waals surface area (Å²) in [6.45, 7) is 2.54. The monoisotopic (exact) mass is 303 g/mol. The number of rotatable bonds is 6. The van der Waals surface area contributed by atoms with Crippen LogP contribution in [0.25, 0.3) is 0 Å². The first-order valence-corrected chi connectivity index (χ1v) is 8.10. The molecule has 22 heavy (non-hydrogen) atoms. The van der Waals surface area contributed by atoms with Gasteiger partial charge in [-0.25, -0.2) is 0 Å². The molecule has 1 heterocycles. The topological polar surface area (TPSA) is 62.3 Å². The Morgan fingerprint density at radius 3 is 2.68 bits per heavy atom. The van der Waals surface area contributed by atoms with E-state index in [1.807, 2.05) is 23.1 Å². The number of carbonyl (C=O) groups excluding carboxylic acids is 2. The number of aromatic nitrogens is 1. The van der Waals surface area contributed by atoms with E-state index in [9.17, 15) is 9.59 Å². The van der Waals surface area contributed by atoms with E-state index in [4.69, 9.17) is 0 Å². The Morgan fingerprint density at radius 1 is 1.27 bits per heavy atom. The molecule has 1 fully saturated rings. The van der Waals surface area contributed by atoms with E-state index >= 15 is 0 Å². The first-order chi connectivity index (χ1) is 10.7. The molecule has 5 nitrogen and oxygen atoms in total. The van der Waals surface area contributed by atoms with Gasteiger partial charge in [-0.3, -0.25) is 14.6 Å². The normalized spacial score (nSPS) is 15.3. The average molecular weight is 303 g/mol. The number of nitrogens with one attached hydrogen (secondary N) is 1. The van der Waals surface area contributed by atoms with E-state index in [1.165, 1.54) is 19.3 Å². The maximum atomic E-state index is 11.9. The third-order valence-corrected chi connectivity index (χ3v) is 4.19. The van der Waals surface area contributed by atoms with Gasteiger partial charge in [0.1, 0.15) is 0 Å². The average Bonchev–Trinajstić information content (AvgIpc) is 2.55. The lowest BCUT2D eigenvalue weighted by Gasteiger charge is -2.33. The van der Waals surface area contributed by atoms with Crippen LogP contribution in [-0.2, 0) is 16.1 Å². The smallest absolute Gasteiger partial charge is 0.222 e. The molecule has 120 valence electrons. The first-order valence-electron chi connectivity index (χ1n) is 8.10. The molecule has 1 aliphatic rings. The molecule has 5 heteroatoms. The highest BCUT2D eigenvalue weighted by Crippen LogP contribution is 2.22. The number of hydrogen-bond donors (Lipinski definition) is 1. The minimum Gasteiger partial charge on any atom is -0.350 e. The molecule has 0 saturated heterocycles. The lowest BCUT2D eigenvalue weighted by molar-refractivity contribution is -0.132. The minimum absolute atomic E-state index is 0.0345. The molecule has 2 amide bonds. The van der Waals surface area contributed by atoms with Gasteiger partial charge in [-0.2, -0.15) is 0 Å². The van der Waals surface area contributed by atoms with E-state index in [2.05, 4.69) is 10.3 Å². The van der Waals surface area contributed by atoms with Gasteiger partial charge < -0.3 is 10.2 Å². The van der Waals surface area contributed by atoms with Crippen molar-refractivity contribution in [1.82, 2.24) is 15.2 Å². The fourth-order valence-corrected chi connectivity index (χ4v) is 2.99. The van der Waals surface area contributed by atoms with Crippen LogP contribution in [0.15, 0.2) is 24.4 Å². The third-order valence-electron chi connectivity index (χ3n) is 4.19. The second-order valence-corrected chi connectivity index (χ2v) is 5.85. The second kappa shape index (κ2) is 8.51. The van der Waals surface area contributed by atoms with Crippen LogP contribution in [0, 0.1) is 0 Å². The van der Waals surface area contributed by atoms with Crippen LogP contribution in [-0.4, -0.2) is 34.3 Å². The van der Waals surface area contributed by atoms with Crippen LogP contribution < -0.4 is 5.32 Å². The highest BCUT2D eigenvalue weighted by atomic mass is 16.2. The van der Waals surface area contributed by atoms with Crippen LogP contribution in [0.2, 0.25) is 0 Å². The molecule has 1 aromatic heterocycles. The van der Waals surface area contributed by atoms with Gasteiger partial charge in [0.15, 0.2) is 0 Å². The quantitative estimate of drug-likeness (QED) is 0.877. The summed E-state index contributed by atoms with van der Waals surface area (Å²) in [4.78, 5) is 29.8. The van der Waals surface area contributed by atoms with Crippen LogP contribution in [0.1, 0.15) is 51.1 Å². The molecular weight excluding hydrogens is 278 g/mol. The van der Waals surface area contributed by atoms with Crippen LogP contribution in [0.3, 0.4) is 0 Å². The van der Waals surface area contributed by atoms with Crippen molar-refractivity contribution in [2.24, 2.45) is 0 Å². The molecule has 0 aromatic carbocycles. The summed E-state index contributed by atoms with van der Waals surface area (Å²) in [6, 6.07) is 5.94. The molecule has 0 atom stereocenters. The largest absolute Gasteiger partial charge is 0.350 e. The van der Waals surface area contributed by atoms with Crippen molar-refractivity contribution in [3.05, 3.63) is 30.1 Å². The van der Waals surface area contributed by atoms with Gasteiger partial charge >= 0.3 is 0 Å². The molecule has 1 N–H and O–H groups in total. The number of hydrogen-bond acceptors (Lipinski definition) is 3. The molecule has 2 rings (SSSR count). The SMILES string of the molecule is CC(=O)N(CCC(=O)NCc1ccccn1)C1CCCCC1. The Hall–Kier alpha value is -1.91. The standard InChI is InChI=1S/C17H25N3O2/c1-14(21)20(16-8-3-2-4-9-16)12-10-17(22)19-13-15-7-5-6-11-18-15/h5-7,11,16H,2-4,8-10,12-13H2,1H3,(H,19,22). The Bertz CT molecular complexity index is 484. The van der Waals surface area contributed by atoms with Gasteiger partial charge in [-0.15, -0.1) is 0 Å². The van der Waals surface area contributed by atoms with E-state index in [0.29, 0.717) is 25.6 Å². The summed E-state index contributed by atoms with van der Waals surface area (Å²) in [5.41, 5.74) is 0.839. The summed E-state index contributed by atoms with van der Waals surface area (Å²) in [7, 11) is 0. The van der Waals surface area contributed by atoms with Crippen molar-refractivity contribution >= 4 is 11.8 Å². The Balaban J connectivity index is 1.76. The maximum absolute atomic E-state index is 11.9. The molecule has 1 aliphatic carbocycles. The van der Waals surface area contributed by atoms with Crippen LogP contribution >= 0.6 is 0 Å². The minimum atomic E-state index is -0.0345. The van der Waals surface area contributed by atoms with E-state index in [-0.39, 0.29) is 11.8 Å². The fourth-order valence-electron chi connectivity index (χ4n) is 2.99. The van der Waals surface area contributed by atoms with Gasteiger partial charge in [-0.1, -0.05) is 25.3 Å². The molecule has 1 aromatic rings. The summed E-state index contributed by atoms with van der Waals surface area (Å²) >= 11 is 0. The highest BCUT2D eigenvalue weighted by molar-refractivity contribution is 5.78. The number of carbonyl (C=O) groups is 2. The van der Waals surface area contributed by atoms with Crippen molar-refractivity contribution in [1.29, 1.82) is 0 Å². The van der Waals surface area contributed by atoms with E-state index in [0.717, 1.165) is 18.5 Å². The number of pyridine rings is 1. The summed E-state index contributed by atoms with van der Waals surface area (Å²) in [5.74, 6) is 0.0390. The van der Waals surface area contributed by atoms with Crippen molar-refractivity contribution in [3.63, 3.8) is 0 Å². The van der Waals surface area contributed by atoms with Crippen LogP contribution in [0.5, 0.6) is 0 Å². The summed E-state index contributed by atoms with van der Waals surface area (Å²) < 4.78 is 0. The molecular formula is C17H25N3O2. The fraction of sp³-hybridized carbons (Fsp3) is 0.588. The molecule has 0 unspecified atom stereocenters. The van der Waals surface area contributed by atoms with Gasteiger partial charge in [-0.05, 0) is 25.0 Å². The zero-order valence-corrected chi connectivity index (χ0v) is 13.3. The van der Waals surface area contributed by atoms with E-state index in [1.54, 1.807) is 13.1 Å². The predicted octanol–water partition coefficient (Wildman–Crippen LogP) is 2.27. The molecule has 0 radical (unpaired) electrons. The zero-order valence-electron chi connectivity index (χ0n) is 13.3. The molecule has 0 aliphatic heterocycles. The van der Waals surface area contributed by atoms with E-state index < -0.39 is 0 Å². The highest BCUT2D eigenvalue weighted by Gasteiger charge is 2.23. The number of nitrogens with zero attached hydrogens (tertiary/aromatic N) is 2. The Morgan fingerprint density at radius 2 is 2.05 bits per heavy atom. The second-order valence-electron chi connectivity index (χ2n) is 5.85. The predicted molar refractivity (Wildman–Crippen MR) is 85.0 cm³/mol. The van der Waals surface area contributed by atoms with Gasteiger partial charge in [0.25, 0.3) is 0 Å². The first kappa shape index (κ1) is 16.5. The van der Waals surface area contributed by atoms with Crippen molar-refractivity contribution in [2.75, 3.05) is 6.54 Å². The maximum Gasteiger partial charge on any atom is 0.222 e. The molecule has 0 bridgehead atoms. The summed E-state index contributed by atoms with van der Waals surface area (Å²) in [6.07, 6.45) is 7.81. The lowest BCUT2D eigenvalue weighted by Crippen LogP contribution is -2.42. The Labute approximate surface area is 132 Å². The lowest BCUT2D eigenvalue weighted by atomic mass is 9.94. The van der Waals surface area contributed by atoms with Gasteiger partial charge in [0, 0.05) is 32.1 Å². The van der Waals surface area contributed by atoms with Gasteiger partial charge in [0.05, 0.1) is 12.2 Å².